The Morgan fingerprint density at radius 1 is 1.14 bits per heavy atom. The molecule has 1 aliphatic rings. The highest BCUT2D eigenvalue weighted by molar-refractivity contribution is 7.89. The van der Waals surface area contributed by atoms with Gasteiger partial charge in [0.2, 0.25) is 15.9 Å². The van der Waals surface area contributed by atoms with E-state index in [1.165, 1.54) is 16.4 Å². The second-order valence-electron chi connectivity index (χ2n) is 6.60. The first-order chi connectivity index (χ1) is 13.9. The zero-order valence-corrected chi connectivity index (χ0v) is 17.2. The molecular weight excluding hydrogens is 394 g/mol. The van der Waals surface area contributed by atoms with E-state index in [-0.39, 0.29) is 10.8 Å². The molecule has 0 radical (unpaired) electrons. The lowest BCUT2D eigenvalue weighted by Crippen LogP contribution is -2.40. The number of benzene rings is 2. The van der Waals surface area contributed by atoms with Gasteiger partial charge in [-0.15, -0.1) is 0 Å². The summed E-state index contributed by atoms with van der Waals surface area (Å²) in [6.07, 6.45) is 0. The maximum Gasteiger partial charge on any atom is 0.246 e. The second kappa shape index (κ2) is 9.25. The molecule has 1 saturated heterocycles. The third-order valence-corrected chi connectivity index (χ3v) is 6.48. The van der Waals surface area contributed by atoms with E-state index in [4.69, 9.17) is 9.47 Å². The largest absolute Gasteiger partial charge is 0.495 e. The average Bonchev–Trinajstić information content (AvgIpc) is 2.75. The predicted molar refractivity (Wildman–Crippen MR) is 111 cm³/mol. The van der Waals surface area contributed by atoms with Crippen molar-refractivity contribution in [3.05, 3.63) is 48.5 Å². The van der Waals surface area contributed by atoms with Crippen LogP contribution in [0.15, 0.2) is 53.4 Å². The minimum absolute atomic E-state index is 0.141. The molecule has 1 amide bonds. The first-order valence-corrected chi connectivity index (χ1v) is 10.7. The number of sulfonamides is 1. The number of carbonyl (C=O) groups is 1. The van der Waals surface area contributed by atoms with Crippen molar-refractivity contribution in [3.63, 3.8) is 0 Å². The number of morpholine rings is 1. The molecule has 0 unspecified atom stereocenters. The normalized spacial score (nSPS) is 16.1. The molecule has 0 saturated carbocycles. The van der Waals surface area contributed by atoms with Crippen molar-refractivity contribution in [2.75, 3.05) is 44.0 Å². The second-order valence-corrected chi connectivity index (χ2v) is 8.54. The van der Waals surface area contributed by atoms with Gasteiger partial charge in [0, 0.05) is 18.8 Å². The molecule has 29 heavy (non-hydrogen) atoms. The van der Waals surface area contributed by atoms with Crippen LogP contribution >= 0.6 is 0 Å². The fourth-order valence-corrected chi connectivity index (χ4v) is 4.44. The summed E-state index contributed by atoms with van der Waals surface area (Å²) in [5.41, 5.74) is 1.11. The van der Waals surface area contributed by atoms with Crippen molar-refractivity contribution in [2.24, 2.45) is 0 Å². The Morgan fingerprint density at radius 3 is 2.59 bits per heavy atom. The van der Waals surface area contributed by atoms with E-state index in [0.29, 0.717) is 43.4 Å². The van der Waals surface area contributed by atoms with E-state index in [0.717, 1.165) is 0 Å². The minimum Gasteiger partial charge on any atom is -0.495 e. The Morgan fingerprint density at radius 2 is 1.86 bits per heavy atom. The van der Waals surface area contributed by atoms with Gasteiger partial charge in [0.1, 0.15) is 11.8 Å². The summed E-state index contributed by atoms with van der Waals surface area (Å²) in [5, 5.41) is 5.87. The highest BCUT2D eigenvalue weighted by Crippen LogP contribution is 2.24. The molecule has 3 rings (SSSR count). The van der Waals surface area contributed by atoms with Crippen LogP contribution in [0.3, 0.4) is 0 Å². The predicted octanol–water partition coefficient (Wildman–Crippen LogP) is 2.16. The molecule has 1 fully saturated rings. The number of hydrogen-bond acceptors (Lipinski definition) is 6. The molecule has 1 atom stereocenters. The number of para-hydroxylation sites is 2. The van der Waals surface area contributed by atoms with Gasteiger partial charge in [-0.25, -0.2) is 8.42 Å². The van der Waals surface area contributed by atoms with Crippen LogP contribution in [-0.2, 0) is 19.6 Å². The van der Waals surface area contributed by atoms with Crippen LogP contribution in [0.25, 0.3) is 0 Å². The first kappa shape index (κ1) is 21.1. The van der Waals surface area contributed by atoms with Crippen molar-refractivity contribution >= 4 is 27.3 Å². The molecule has 8 nitrogen and oxygen atoms in total. The SMILES string of the molecule is COc1ccccc1N[C@@H](C)C(=O)Nc1cccc(S(=O)(=O)N2CCOCC2)c1. The molecule has 1 heterocycles. The summed E-state index contributed by atoms with van der Waals surface area (Å²) in [5.74, 6) is 0.336. The van der Waals surface area contributed by atoms with E-state index < -0.39 is 16.1 Å². The first-order valence-electron chi connectivity index (χ1n) is 9.30. The van der Waals surface area contributed by atoms with Gasteiger partial charge in [-0.1, -0.05) is 18.2 Å². The lowest BCUT2D eigenvalue weighted by atomic mass is 10.2. The van der Waals surface area contributed by atoms with Gasteiger partial charge in [-0.05, 0) is 37.3 Å². The minimum atomic E-state index is -3.63. The number of methoxy groups -OCH3 is 1. The maximum absolute atomic E-state index is 12.8. The highest BCUT2D eigenvalue weighted by Gasteiger charge is 2.26. The molecule has 156 valence electrons. The summed E-state index contributed by atoms with van der Waals surface area (Å²) < 4.78 is 37.5. The van der Waals surface area contributed by atoms with Crippen LogP contribution in [0.5, 0.6) is 5.75 Å². The van der Waals surface area contributed by atoms with Crippen molar-refractivity contribution in [1.82, 2.24) is 4.31 Å². The smallest absolute Gasteiger partial charge is 0.246 e. The van der Waals surface area contributed by atoms with E-state index >= 15 is 0 Å². The van der Waals surface area contributed by atoms with E-state index in [2.05, 4.69) is 10.6 Å². The lowest BCUT2D eigenvalue weighted by Gasteiger charge is -2.26. The third-order valence-electron chi connectivity index (χ3n) is 4.58. The average molecular weight is 420 g/mol. The van der Waals surface area contributed by atoms with Crippen molar-refractivity contribution in [3.8, 4) is 5.75 Å². The Balaban J connectivity index is 1.70. The Bertz CT molecular complexity index is 958. The molecule has 2 N–H and O–H groups in total. The van der Waals surface area contributed by atoms with Crippen LogP contribution in [0.4, 0.5) is 11.4 Å². The number of carbonyl (C=O) groups excluding carboxylic acids is 1. The maximum atomic E-state index is 12.8. The van der Waals surface area contributed by atoms with E-state index in [9.17, 15) is 13.2 Å². The van der Waals surface area contributed by atoms with Crippen LogP contribution < -0.4 is 15.4 Å². The zero-order chi connectivity index (χ0) is 20.9. The molecule has 9 heteroatoms. The molecule has 0 aliphatic carbocycles. The number of nitrogens with zero attached hydrogens (tertiary/aromatic N) is 1. The highest BCUT2D eigenvalue weighted by atomic mass is 32.2. The molecule has 0 spiro atoms. The number of nitrogens with one attached hydrogen (secondary N) is 2. The van der Waals surface area contributed by atoms with Gasteiger partial charge in [0.05, 0.1) is 30.9 Å². The summed E-state index contributed by atoms with van der Waals surface area (Å²) in [4.78, 5) is 12.7. The summed E-state index contributed by atoms with van der Waals surface area (Å²) >= 11 is 0. The topological polar surface area (TPSA) is 97.0 Å². The molecule has 2 aromatic carbocycles. The Labute approximate surface area is 170 Å². The number of anilines is 2. The number of rotatable bonds is 7. The molecular formula is C20H25N3O5S. The third kappa shape index (κ3) is 5.06. The van der Waals surface area contributed by atoms with Crippen molar-refractivity contribution < 1.29 is 22.7 Å². The number of ether oxygens (including phenoxy) is 2. The van der Waals surface area contributed by atoms with Crippen LogP contribution in [0.1, 0.15) is 6.92 Å². The number of amides is 1. The Kier molecular flexibility index (Phi) is 6.73. The van der Waals surface area contributed by atoms with E-state index in [1.54, 1.807) is 32.2 Å². The van der Waals surface area contributed by atoms with Crippen LogP contribution in [-0.4, -0.2) is 58.1 Å². The van der Waals surface area contributed by atoms with Gasteiger partial charge in [-0.3, -0.25) is 4.79 Å². The zero-order valence-electron chi connectivity index (χ0n) is 16.4. The van der Waals surface area contributed by atoms with Crippen LogP contribution in [0, 0.1) is 0 Å². The van der Waals surface area contributed by atoms with Gasteiger partial charge in [0.15, 0.2) is 0 Å². The van der Waals surface area contributed by atoms with Crippen molar-refractivity contribution in [1.29, 1.82) is 0 Å². The molecule has 0 aromatic heterocycles. The Hall–Kier alpha value is -2.62. The summed E-state index contributed by atoms with van der Waals surface area (Å²) in [6.45, 7) is 3.11. The molecule has 2 aromatic rings. The fraction of sp³-hybridized carbons (Fsp3) is 0.350. The summed E-state index contributed by atoms with van der Waals surface area (Å²) in [7, 11) is -2.07. The van der Waals surface area contributed by atoms with Gasteiger partial charge < -0.3 is 20.1 Å². The van der Waals surface area contributed by atoms with Gasteiger partial charge in [0.25, 0.3) is 0 Å². The van der Waals surface area contributed by atoms with Crippen molar-refractivity contribution in [2.45, 2.75) is 17.9 Å². The quantitative estimate of drug-likeness (QED) is 0.714. The standard InChI is InChI=1S/C20H25N3O5S/c1-15(21-18-8-3-4-9-19(18)27-2)20(24)22-16-6-5-7-17(14-16)29(25,26)23-10-12-28-13-11-23/h3-9,14-15,21H,10-13H2,1-2H3,(H,22,24)/t15-/m0/s1. The van der Waals surface area contributed by atoms with Gasteiger partial charge in [-0.2, -0.15) is 4.31 Å². The molecule has 1 aliphatic heterocycles. The van der Waals surface area contributed by atoms with Crippen LogP contribution in [0.2, 0.25) is 0 Å². The summed E-state index contributed by atoms with van der Waals surface area (Å²) in [6, 6.07) is 13.0. The lowest BCUT2D eigenvalue weighted by molar-refractivity contribution is -0.116. The number of hydrogen-bond donors (Lipinski definition) is 2. The van der Waals surface area contributed by atoms with E-state index in [1.807, 2.05) is 18.2 Å². The fourth-order valence-electron chi connectivity index (χ4n) is 2.98. The monoisotopic (exact) mass is 419 g/mol. The molecule has 0 bridgehead atoms. The van der Waals surface area contributed by atoms with Gasteiger partial charge >= 0.3 is 0 Å².